The van der Waals surface area contributed by atoms with Gasteiger partial charge in [0.2, 0.25) is 0 Å². The van der Waals surface area contributed by atoms with Crippen molar-refractivity contribution in [1.29, 1.82) is 0 Å². The summed E-state index contributed by atoms with van der Waals surface area (Å²) >= 11 is 0. The van der Waals surface area contributed by atoms with Crippen molar-refractivity contribution >= 4 is 5.78 Å². The third-order valence-electron chi connectivity index (χ3n) is 6.97. The van der Waals surface area contributed by atoms with Crippen molar-refractivity contribution in [3.63, 3.8) is 0 Å². The van der Waals surface area contributed by atoms with Gasteiger partial charge in [-0.1, -0.05) is 13.8 Å². The van der Waals surface area contributed by atoms with Crippen molar-refractivity contribution in [3.05, 3.63) is 0 Å². The molecule has 128 valence electrons. The number of fused-ring (bicyclic) bond motifs is 1. The molecule has 0 heterocycles. The first-order valence-electron chi connectivity index (χ1n) is 8.93. The van der Waals surface area contributed by atoms with E-state index in [1.165, 1.54) is 6.92 Å². The van der Waals surface area contributed by atoms with E-state index in [2.05, 4.69) is 13.8 Å². The van der Waals surface area contributed by atoms with E-state index in [9.17, 15) is 14.3 Å². The molecule has 1 N–H and O–H groups in total. The molecule has 2 nitrogen and oxygen atoms in total. The number of carbonyl (C=O) groups is 1. The number of Topliss-reactive ketones (excluding diaryl/α,β-unsaturated/α-hetero) is 1. The van der Waals surface area contributed by atoms with Crippen molar-refractivity contribution in [3.8, 4) is 0 Å². The van der Waals surface area contributed by atoms with Gasteiger partial charge in [0.1, 0.15) is 11.5 Å². The Bertz CT molecular complexity index is 424. The van der Waals surface area contributed by atoms with Gasteiger partial charge in [0.25, 0.3) is 0 Å². The second kappa shape index (κ2) is 5.89. The predicted octanol–water partition coefficient (Wildman–Crippen LogP) is 4.69. The maximum Gasteiger partial charge on any atom is 0.136 e. The third-order valence-corrected chi connectivity index (χ3v) is 6.97. The number of alkyl halides is 1. The standard InChI is InChI=1S/C19H33FO2/c1-13(10-12-19(5,20)17(2,3)22)14-8-9-15-16(21)7-6-11-18(14,15)4/h13-15,22H,6-12H2,1-5H3/t13-,14?,15?,18?,19?/m1/s1. The van der Waals surface area contributed by atoms with Gasteiger partial charge in [-0.3, -0.25) is 4.79 Å². The van der Waals surface area contributed by atoms with Gasteiger partial charge in [-0.2, -0.15) is 0 Å². The summed E-state index contributed by atoms with van der Waals surface area (Å²) in [6.07, 6.45) is 6.17. The molecule has 2 saturated carbocycles. The molecule has 0 amide bonds. The summed E-state index contributed by atoms with van der Waals surface area (Å²) in [4.78, 5) is 12.2. The highest BCUT2D eigenvalue weighted by molar-refractivity contribution is 5.83. The van der Waals surface area contributed by atoms with E-state index in [4.69, 9.17) is 0 Å². The van der Waals surface area contributed by atoms with Gasteiger partial charge < -0.3 is 5.11 Å². The Morgan fingerprint density at radius 2 is 2.00 bits per heavy atom. The minimum atomic E-state index is -1.57. The van der Waals surface area contributed by atoms with Crippen molar-refractivity contribution < 1.29 is 14.3 Å². The molecule has 0 aromatic carbocycles. The smallest absolute Gasteiger partial charge is 0.136 e. The van der Waals surface area contributed by atoms with Crippen LogP contribution < -0.4 is 0 Å². The normalized spacial score (nSPS) is 36.8. The van der Waals surface area contributed by atoms with Crippen molar-refractivity contribution in [2.45, 2.75) is 90.8 Å². The van der Waals surface area contributed by atoms with Gasteiger partial charge in [-0.15, -0.1) is 0 Å². The summed E-state index contributed by atoms with van der Waals surface area (Å²) in [6, 6.07) is 0. The average Bonchev–Trinajstić information content (AvgIpc) is 2.73. The number of hydrogen-bond donors (Lipinski definition) is 1. The number of aliphatic hydroxyl groups is 1. The second-order valence-electron chi connectivity index (χ2n) is 8.83. The molecule has 0 spiro atoms. The lowest BCUT2D eigenvalue weighted by Crippen LogP contribution is -2.44. The molecule has 3 heteroatoms. The van der Waals surface area contributed by atoms with Gasteiger partial charge in [0.15, 0.2) is 0 Å². The van der Waals surface area contributed by atoms with E-state index >= 15 is 0 Å². The molecule has 5 atom stereocenters. The highest BCUT2D eigenvalue weighted by atomic mass is 19.1. The molecular formula is C19H33FO2. The van der Waals surface area contributed by atoms with Crippen LogP contribution in [0, 0.1) is 23.2 Å². The van der Waals surface area contributed by atoms with Gasteiger partial charge in [-0.05, 0) is 76.5 Å². The largest absolute Gasteiger partial charge is 0.387 e. The van der Waals surface area contributed by atoms with E-state index in [-0.39, 0.29) is 11.3 Å². The Morgan fingerprint density at radius 3 is 2.59 bits per heavy atom. The van der Waals surface area contributed by atoms with E-state index in [1.54, 1.807) is 13.8 Å². The zero-order chi connectivity index (χ0) is 16.8. The number of halogens is 1. The first-order valence-corrected chi connectivity index (χ1v) is 8.93. The van der Waals surface area contributed by atoms with Gasteiger partial charge in [0.05, 0.1) is 5.60 Å². The predicted molar refractivity (Wildman–Crippen MR) is 87.4 cm³/mol. The van der Waals surface area contributed by atoms with Crippen LogP contribution in [-0.4, -0.2) is 22.2 Å². The SMILES string of the molecule is C[C@H](CCC(C)(F)C(C)(C)O)C1CCC2C(=O)CCCC21C. The Morgan fingerprint density at radius 1 is 1.36 bits per heavy atom. The van der Waals surface area contributed by atoms with Crippen molar-refractivity contribution in [1.82, 2.24) is 0 Å². The lowest BCUT2D eigenvalue weighted by molar-refractivity contribution is -0.130. The Hall–Kier alpha value is -0.440. The van der Waals surface area contributed by atoms with Crippen molar-refractivity contribution in [2.75, 3.05) is 0 Å². The number of carbonyl (C=O) groups excluding carboxylic acids is 1. The van der Waals surface area contributed by atoms with Gasteiger partial charge in [0, 0.05) is 12.3 Å². The number of rotatable bonds is 5. The molecule has 0 aromatic heterocycles. The van der Waals surface area contributed by atoms with Crippen LogP contribution in [0.2, 0.25) is 0 Å². The molecule has 0 radical (unpaired) electrons. The molecule has 0 aromatic rings. The molecule has 2 aliphatic carbocycles. The van der Waals surface area contributed by atoms with E-state index in [1.807, 2.05) is 0 Å². The Balaban J connectivity index is 2.02. The highest BCUT2D eigenvalue weighted by Gasteiger charge is 2.52. The fourth-order valence-electron chi connectivity index (χ4n) is 4.91. The molecule has 2 fully saturated rings. The summed E-state index contributed by atoms with van der Waals surface area (Å²) in [6.45, 7) is 9.09. The van der Waals surface area contributed by atoms with Crippen LogP contribution in [0.3, 0.4) is 0 Å². The first kappa shape index (κ1) is 17.9. The zero-order valence-electron chi connectivity index (χ0n) is 14.9. The first-order chi connectivity index (χ1) is 9.99. The summed E-state index contributed by atoms with van der Waals surface area (Å²) in [5, 5.41) is 9.98. The Labute approximate surface area is 134 Å². The summed E-state index contributed by atoms with van der Waals surface area (Å²) < 4.78 is 14.6. The van der Waals surface area contributed by atoms with Crippen LogP contribution in [0.5, 0.6) is 0 Å². The molecule has 2 aliphatic rings. The van der Waals surface area contributed by atoms with E-state index in [0.717, 1.165) is 38.5 Å². The quantitative estimate of drug-likeness (QED) is 0.800. The van der Waals surface area contributed by atoms with E-state index < -0.39 is 11.3 Å². The molecule has 0 saturated heterocycles. The van der Waals surface area contributed by atoms with E-state index in [0.29, 0.717) is 24.0 Å². The fraction of sp³-hybridized carbons (Fsp3) is 0.947. The molecular weight excluding hydrogens is 279 g/mol. The fourth-order valence-corrected chi connectivity index (χ4v) is 4.91. The molecule has 4 unspecified atom stereocenters. The summed E-state index contributed by atoms with van der Waals surface area (Å²) in [7, 11) is 0. The molecule has 0 aliphatic heterocycles. The van der Waals surface area contributed by atoms with Gasteiger partial charge in [-0.25, -0.2) is 4.39 Å². The summed E-state index contributed by atoms with van der Waals surface area (Å²) in [5.74, 6) is 1.60. The summed E-state index contributed by atoms with van der Waals surface area (Å²) in [5.41, 5.74) is -2.76. The zero-order valence-corrected chi connectivity index (χ0v) is 14.9. The highest BCUT2D eigenvalue weighted by Crippen LogP contribution is 2.57. The maximum atomic E-state index is 14.6. The van der Waals surface area contributed by atoms with Crippen LogP contribution in [0.25, 0.3) is 0 Å². The Kier molecular flexibility index (Phi) is 4.79. The van der Waals surface area contributed by atoms with Gasteiger partial charge >= 0.3 is 0 Å². The minimum absolute atomic E-state index is 0.121. The average molecular weight is 312 g/mol. The van der Waals surface area contributed by atoms with Crippen LogP contribution in [0.4, 0.5) is 4.39 Å². The second-order valence-corrected chi connectivity index (χ2v) is 8.83. The van der Waals surface area contributed by atoms with Crippen molar-refractivity contribution in [2.24, 2.45) is 23.2 Å². The topological polar surface area (TPSA) is 37.3 Å². The lowest BCUT2D eigenvalue weighted by atomic mass is 9.61. The monoisotopic (exact) mass is 312 g/mol. The van der Waals surface area contributed by atoms with Crippen LogP contribution in [-0.2, 0) is 4.79 Å². The number of hydrogen-bond acceptors (Lipinski definition) is 2. The maximum absolute atomic E-state index is 14.6. The van der Waals surface area contributed by atoms with Crippen LogP contribution >= 0.6 is 0 Å². The molecule has 0 bridgehead atoms. The third kappa shape index (κ3) is 3.11. The lowest BCUT2D eigenvalue weighted by Gasteiger charge is -2.43. The van der Waals surface area contributed by atoms with Crippen LogP contribution in [0.15, 0.2) is 0 Å². The van der Waals surface area contributed by atoms with Crippen LogP contribution in [0.1, 0.15) is 79.6 Å². The molecule has 2 rings (SSSR count). The molecule has 22 heavy (non-hydrogen) atoms. The number of ketones is 1. The minimum Gasteiger partial charge on any atom is -0.387 e.